The highest BCUT2D eigenvalue weighted by Gasteiger charge is 2.31. The fraction of sp³-hybridized carbons (Fsp3) is 0.226. The van der Waals surface area contributed by atoms with Crippen LogP contribution in [0.25, 0.3) is 22.8 Å². The van der Waals surface area contributed by atoms with Crippen molar-refractivity contribution < 1.29 is 22.7 Å². The summed E-state index contributed by atoms with van der Waals surface area (Å²) in [4.78, 5) is 22.3. The minimum atomic E-state index is -4.75. The largest absolute Gasteiger partial charge is 0.573 e. The molecule has 1 N–H and O–H groups in total. The molecule has 2 aromatic heterocycles. The van der Waals surface area contributed by atoms with Gasteiger partial charge in [0.1, 0.15) is 12.1 Å². The van der Waals surface area contributed by atoms with Crippen LogP contribution >= 0.6 is 11.3 Å². The summed E-state index contributed by atoms with van der Waals surface area (Å²) in [5, 5.41) is 9.36. The van der Waals surface area contributed by atoms with Gasteiger partial charge in [-0.05, 0) is 61.2 Å². The molecule has 2 amide bonds. The Morgan fingerprint density at radius 2 is 1.70 bits per heavy atom. The number of carbonyl (C=O) groups excluding carboxylic acids is 1. The van der Waals surface area contributed by atoms with Gasteiger partial charge in [-0.25, -0.2) is 14.5 Å². The highest BCUT2D eigenvalue weighted by molar-refractivity contribution is 7.07. The zero-order valence-corrected chi connectivity index (χ0v) is 24.6. The standard InChI is InChI=1S/C31H29F3N6O2S/c1-19(2)26-7-5-6-8-27(26)40-20(3)17-43-30(40)37-29(41)36-21(4)22-9-11-23(12-10-22)28-35-18-39(38-28)24-13-15-25(16-14-24)42-31(32,33)34/h5-19,21H,1-4H3,(H,36,41). The Balaban J connectivity index is 1.28. The van der Waals surface area contributed by atoms with Crippen LogP contribution in [0.2, 0.25) is 0 Å². The van der Waals surface area contributed by atoms with E-state index in [9.17, 15) is 18.0 Å². The van der Waals surface area contributed by atoms with Gasteiger partial charge >= 0.3 is 12.4 Å². The van der Waals surface area contributed by atoms with Gasteiger partial charge in [0.05, 0.1) is 17.4 Å². The molecule has 2 heterocycles. The Hall–Kier alpha value is -4.71. The topological polar surface area (TPSA) is 86.3 Å². The van der Waals surface area contributed by atoms with Crippen molar-refractivity contribution >= 4 is 17.4 Å². The summed E-state index contributed by atoms with van der Waals surface area (Å²) in [7, 11) is 0. The number of thiazole rings is 1. The van der Waals surface area contributed by atoms with Gasteiger partial charge in [-0.15, -0.1) is 29.6 Å². The number of para-hydroxylation sites is 1. The van der Waals surface area contributed by atoms with Crippen LogP contribution < -0.4 is 14.9 Å². The number of halogens is 3. The molecule has 3 aromatic carbocycles. The van der Waals surface area contributed by atoms with E-state index in [-0.39, 0.29) is 11.8 Å². The maximum atomic E-state index is 13.0. The molecule has 0 saturated heterocycles. The van der Waals surface area contributed by atoms with Gasteiger partial charge in [0, 0.05) is 16.6 Å². The molecular weight excluding hydrogens is 577 g/mol. The van der Waals surface area contributed by atoms with Crippen LogP contribution in [-0.4, -0.2) is 31.7 Å². The minimum Gasteiger partial charge on any atom is -0.406 e. The first-order valence-electron chi connectivity index (χ1n) is 13.5. The second kappa shape index (κ2) is 12.3. The highest BCUT2D eigenvalue weighted by Crippen LogP contribution is 2.25. The molecule has 5 rings (SSSR count). The quantitative estimate of drug-likeness (QED) is 0.208. The lowest BCUT2D eigenvalue weighted by atomic mass is 10.0. The van der Waals surface area contributed by atoms with Crippen LogP contribution in [0.15, 0.2) is 89.5 Å². The number of urea groups is 1. The van der Waals surface area contributed by atoms with E-state index in [0.29, 0.717) is 22.2 Å². The molecule has 8 nitrogen and oxygen atoms in total. The molecule has 0 aliphatic rings. The van der Waals surface area contributed by atoms with Crippen LogP contribution in [0, 0.1) is 6.92 Å². The molecule has 43 heavy (non-hydrogen) atoms. The van der Waals surface area contributed by atoms with Crippen LogP contribution in [-0.2, 0) is 0 Å². The van der Waals surface area contributed by atoms with E-state index in [1.807, 2.05) is 66.3 Å². The lowest BCUT2D eigenvalue weighted by Crippen LogP contribution is -2.27. The third kappa shape index (κ3) is 7.03. The van der Waals surface area contributed by atoms with Crippen molar-refractivity contribution in [3.63, 3.8) is 0 Å². The molecule has 0 aliphatic heterocycles. The lowest BCUT2D eigenvalue weighted by Gasteiger charge is -2.15. The fourth-order valence-electron chi connectivity index (χ4n) is 4.57. The first-order chi connectivity index (χ1) is 20.5. The van der Waals surface area contributed by atoms with E-state index in [1.165, 1.54) is 52.2 Å². The molecule has 0 spiro atoms. The number of rotatable bonds is 7. The van der Waals surface area contributed by atoms with Crippen LogP contribution in [0.5, 0.6) is 5.75 Å². The van der Waals surface area contributed by atoms with Gasteiger partial charge < -0.3 is 10.1 Å². The van der Waals surface area contributed by atoms with Crippen molar-refractivity contribution in [1.29, 1.82) is 0 Å². The van der Waals surface area contributed by atoms with E-state index in [2.05, 4.69) is 45.0 Å². The van der Waals surface area contributed by atoms with Crippen molar-refractivity contribution in [2.75, 3.05) is 0 Å². The number of benzene rings is 3. The molecule has 5 aromatic rings. The number of hydrogen-bond donors (Lipinski definition) is 1. The molecular formula is C31H29F3N6O2S. The van der Waals surface area contributed by atoms with Crippen LogP contribution in [0.3, 0.4) is 0 Å². The molecule has 0 aliphatic carbocycles. The Kier molecular flexibility index (Phi) is 8.49. The number of aromatic nitrogens is 4. The number of ether oxygens (including phenoxy) is 1. The summed E-state index contributed by atoms with van der Waals surface area (Å²) in [6.07, 6.45) is -3.28. The summed E-state index contributed by atoms with van der Waals surface area (Å²) in [5.41, 5.74) is 5.31. The van der Waals surface area contributed by atoms with Gasteiger partial charge in [0.15, 0.2) is 10.6 Å². The normalized spacial score (nSPS) is 12.9. The summed E-state index contributed by atoms with van der Waals surface area (Å²) in [6.45, 7) is 8.15. The molecule has 222 valence electrons. The van der Waals surface area contributed by atoms with Crippen molar-refractivity contribution in [2.45, 2.75) is 46.0 Å². The highest BCUT2D eigenvalue weighted by atomic mass is 32.1. The summed E-state index contributed by atoms with van der Waals surface area (Å²) in [6, 6.07) is 20.1. The maximum Gasteiger partial charge on any atom is 0.573 e. The average molecular weight is 607 g/mol. The molecule has 1 atom stereocenters. The van der Waals surface area contributed by atoms with E-state index in [4.69, 9.17) is 0 Å². The first kappa shape index (κ1) is 29.8. The second-order valence-electron chi connectivity index (χ2n) is 10.2. The van der Waals surface area contributed by atoms with Gasteiger partial charge in [-0.1, -0.05) is 56.3 Å². The third-order valence-electron chi connectivity index (χ3n) is 6.71. The predicted molar refractivity (Wildman–Crippen MR) is 158 cm³/mol. The predicted octanol–water partition coefficient (Wildman–Crippen LogP) is 7.49. The van der Waals surface area contributed by atoms with Gasteiger partial charge in [-0.3, -0.25) is 4.57 Å². The monoisotopic (exact) mass is 606 g/mol. The average Bonchev–Trinajstić information content (AvgIpc) is 3.59. The summed E-state index contributed by atoms with van der Waals surface area (Å²) >= 11 is 1.41. The fourth-order valence-corrected chi connectivity index (χ4v) is 5.44. The van der Waals surface area contributed by atoms with Crippen LogP contribution in [0.4, 0.5) is 18.0 Å². The van der Waals surface area contributed by atoms with Gasteiger partial charge in [-0.2, -0.15) is 4.99 Å². The van der Waals surface area contributed by atoms with Gasteiger partial charge in [0.2, 0.25) is 0 Å². The Labute approximate surface area is 250 Å². The molecule has 1 unspecified atom stereocenters. The molecule has 12 heteroatoms. The maximum absolute atomic E-state index is 13.0. The SMILES string of the molecule is Cc1csc(=NC(=O)NC(C)c2ccc(-c3ncn(-c4ccc(OC(F)(F)F)cc4)n3)cc2)n1-c1ccccc1C(C)C. The summed E-state index contributed by atoms with van der Waals surface area (Å²) < 4.78 is 44.6. The van der Waals surface area contributed by atoms with Crippen molar-refractivity contribution in [3.8, 4) is 28.5 Å². The number of nitrogens with one attached hydrogen (secondary N) is 1. The zero-order chi connectivity index (χ0) is 30.7. The summed E-state index contributed by atoms with van der Waals surface area (Å²) in [5.74, 6) is 0.431. The third-order valence-corrected chi connectivity index (χ3v) is 7.65. The Bertz CT molecular complexity index is 1790. The number of carbonyl (C=O) groups is 1. The molecule has 0 radical (unpaired) electrons. The number of nitrogens with zero attached hydrogens (tertiary/aromatic N) is 5. The van der Waals surface area contributed by atoms with Crippen LogP contribution in [0.1, 0.15) is 49.6 Å². The van der Waals surface area contributed by atoms with E-state index in [0.717, 1.165) is 22.5 Å². The smallest absolute Gasteiger partial charge is 0.406 e. The van der Waals surface area contributed by atoms with Gasteiger partial charge in [0.25, 0.3) is 0 Å². The molecule has 0 bridgehead atoms. The van der Waals surface area contributed by atoms with Crippen molar-refractivity contribution in [3.05, 3.63) is 106 Å². The lowest BCUT2D eigenvalue weighted by molar-refractivity contribution is -0.274. The number of amides is 2. The number of hydrogen-bond acceptors (Lipinski definition) is 5. The molecule has 0 fully saturated rings. The Morgan fingerprint density at radius 3 is 2.37 bits per heavy atom. The second-order valence-corrected chi connectivity index (χ2v) is 11.0. The van der Waals surface area contributed by atoms with Crippen molar-refractivity contribution in [1.82, 2.24) is 24.6 Å². The zero-order valence-electron chi connectivity index (χ0n) is 23.8. The van der Waals surface area contributed by atoms with E-state index >= 15 is 0 Å². The van der Waals surface area contributed by atoms with E-state index < -0.39 is 12.4 Å². The first-order valence-corrected chi connectivity index (χ1v) is 14.4. The molecule has 0 saturated carbocycles. The Morgan fingerprint density at radius 1 is 1.00 bits per heavy atom. The van der Waals surface area contributed by atoms with E-state index in [1.54, 1.807) is 0 Å². The van der Waals surface area contributed by atoms with Crippen molar-refractivity contribution in [2.24, 2.45) is 4.99 Å². The number of alkyl halides is 3. The number of aryl methyl sites for hydroxylation is 1. The minimum absolute atomic E-state index is 0.310.